The number of esters is 1. The lowest BCUT2D eigenvalue weighted by Crippen LogP contribution is -2.34. The van der Waals surface area contributed by atoms with Crippen LogP contribution in [-0.2, 0) is 17.6 Å². The summed E-state index contributed by atoms with van der Waals surface area (Å²) in [6, 6.07) is 9.17. The van der Waals surface area contributed by atoms with Crippen LogP contribution in [0.5, 0.6) is 5.75 Å². The van der Waals surface area contributed by atoms with Crippen LogP contribution >= 0.6 is 0 Å². The Balaban J connectivity index is 1.54. The molecule has 30 heavy (non-hydrogen) atoms. The van der Waals surface area contributed by atoms with Crippen LogP contribution in [0.2, 0.25) is 0 Å². The molecule has 0 spiro atoms. The molecule has 0 saturated carbocycles. The van der Waals surface area contributed by atoms with Gasteiger partial charge in [-0.25, -0.2) is 9.78 Å². The van der Waals surface area contributed by atoms with Crippen molar-refractivity contribution in [2.45, 2.75) is 32.6 Å². The van der Waals surface area contributed by atoms with Crippen LogP contribution in [0.25, 0.3) is 23.3 Å². The molecule has 6 heteroatoms. The molecule has 0 aliphatic carbocycles. The second-order valence-electron chi connectivity index (χ2n) is 7.79. The minimum Gasteiger partial charge on any atom is -0.427 e. The lowest BCUT2D eigenvalue weighted by atomic mass is 9.91. The van der Waals surface area contributed by atoms with Gasteiger partial charge in [0.25, 0.3) is 0 Å². The van der Waals surface area contributed by atoms with E-state index in [9.17, 15) is 9.59 Å². The van der Waals surface area contributed by atoms with Gasteiger partial charge in [0, 0.05) is 31.3 Å². The normalized spacial score (nSPS) is 15.4. The molecule has 0 N–H and O–H groups in total. The number of aryl methyl sites for hydroxylation is 2. The molecule has 1 aromatic heterocycles. The van der Waals surface area contributed by atoms with E-state index in [1.807, 2.05) is 6.07 Å². The molecular weight excluding hydrogens is 380 g/mol. The highest BCUT2D eigenvalue weighted by molar-refractivity contribution is 5.86. The summed E-state index contributed by atoms with van der Waals surface area (Å²) in [5.41, 5.74) is 5.66. The molecular formula is C24H22N2O4. The first kappa shape index (κ1) is 18.6. The van der Waals surface area contributed by atoms with E-state index in [2.05, 4.69) is 16.0 Å². The quantitative estimate of drug-likeness (QED) is 0.487. The summed E-state index contributed by atoms with van der Waals surface area (Å²) >= 11 is 0. The first-order valence-electron chi connectivity index (χ1n) is 10.3. The van der Waals surface area contributed by atoms with Gasteiger partial charge in [-0.1, -0.05) is 18.2 Å². The van der Waals surface area contributed by atoms with Crippen molar-refractivity contribution in [1.29, 1.82) is 0 Å². The Labute approximate surface area is 173 Å². The van der Waals surface area contributed by atoms with Crippen LogP contribution in [0, 0.1) is 0 Å². The SMILES string of the molecule is CC(=O)Oc1cccc(/C=C/c2nc3cc4c5c(c3oc2=O)CCCN5CCC4)c1. The fraction of sp³-hybridized carbons (Fsp3) is 0.292. The molecule has 6 nitrogen and oxygen atoms in total. The molecule has 0 atom stereocenters. The van der Waals surface area contributed by atoms with Crippen LogP contribution in [0.15, 0.2) is 39.5 Å². The zero-order valence-corrected chi connectivity index (χ0v) is 16.8. The highest BCUT2D eigenvalue weighted by Gasteiger charge is 2.27. The van der Waals surface area contributed by atoms with Crippen molar-refractivity contribution in [3.05, 3.63) is 63.1 Å². The molecule has 3 aromatic rings. The topological polar surface area (TPSA) is 72.6 Å². The van der Waals surface area contributed by atoms with Gasteiger partial charge in [0.2, 0.25) is 0 Å². The summed E-state index contributed by atoms with van der Waals surface area (Å²) in [6.07, 6.45) is 7.57. The van der Waals surface area contributed by atoms with Crippen LogP contribution < -0.4 is 15.3 Å². The van der Waals surface area contributed by atoms with Crippen molar-refractivity contribution in [1.82, 2.24) is 4.98 Å². The molecule has 0 saturated heterocycles. The van der Waals surface area contributed by atoms with E-state index in [0.717, 1.165) is 55.4 Å². The molecule has 0 radical (unpaired) electrons. The van der Waals surface area contributed by atoms with Crippen molar-refractivity contribution in [2.24, 2.45) is 0 Å². The maximum Gasteiger partial charge on any atom is 0.362 e. The smallest absolute Gasteiger partial charge is 0.362 e. The monoisotopic (exact) mass is 402 g/mol. The second kappa shape index (κ2) is 7.44. The molecule has 0 amide bonds. The van der Waals surface area contributed by atoms with Gasteiger partial charge >= 0.3 is 11.6 Å². The van der Waals surface area contributed by atoms with Crippen LogP contribution in [0.1, 0.15) is 42.1 Å². The van der Waals surface area contributed by atoms with Crippen molar-refractivity contribution < 1.29 is 13.9 Å². The van der Waals surface area contributed by atoms with Gasteiger partial charge in [0.1, 0.15) is 17.0 Å². The van der Waals surface area contributed by atoms with E-state index < -0.39 is 5.63 Å². The summed E-state index contributed by atoms with van der Waals surface area (Å²) in [6.45, 7) is 3.49. The summed E-state index contributed by atoms with van der Waals surface area (Å²) in [5.74, 6) is 0.0808. The summed E-state index contributed by atoms with van der Waals surface area (Å²) in [4.78, 5) is 30.8. The van der Waals surface area contributed by atoms with Gasteiger partial charge < -0.3 is 14.1 Å². The minimum absolute atomic E-state index is 0.260. The van der Waals surface area contributed by atoms with Crippen molar-refractivity contribution in [2.75, 3.05) is 18.0 Å². The number of aromatic nitrogens is 1. The van der Waals surface area contributed by atoms with Gasteiger partial charge in [-0.3, -0.25) is 4.79 Å². The van der Waals surface area contributed by atoms with Crippen molar-refractivity contribution in [3.8, 4) is 5.75 Å². The number of rotatable bonds is 3. The van der Waals surface area contributed by atoms with E-state index in [1.54, 1.807) is 30.4 Å². The molecule has 3 heterocycles. The predicted molar refractivity (Wildman–Crippen MR) is 116 cm³/mol. The standard InChI is InChI=1S/C24H22N2O4/c1-15(27)29-18-7-2-5-16(13-18)9-10-20-24(28)30-23-19-8-4-12-26-11-3-6-17(22(19)26)14-21(23)25-20/h2,5,7,9-10,13-14H,3-4,6,8,11-12H2,1H3/b10-9+. The summed E-state index contributed by atoms with van der Waals surface area (Å²) < 4.78 is 10.9. The van der Waals surface area contributed by atoms with Gasteiger partial charge in [0.15, 0.2) is 5.58 Å². The third-order valence-electron chi connectivity index (χ3n) is 5.65. The van der Waals surface area contributed by atoms with Gasteiger partial charge in [-0.05, 0) is 61.1 Å². The molecule has 0 unspecified atom stereocenters. The largest absolute Gasteiger partial charge is 0.427 e. The Morgan fingerprint density at radius 3 is 2.83 bits per heavy atom. The lowest BCUT2D eigenvalue weighted by Gasteiger charge is -2.36. The van der Waals surface area contributed by atoms with Crippen molar-refractivity contribution >= 4 is 34.9 Å². The molecule has 5 rings (SSSR count). The zero-order chi connectivity index (χ0) is 20.7. The third kappa shape index (κ3) is 3.38. The number of anilines is 1. The first-order chi connectivity index (χ1) is 14.6. The fourth-order valence-electron chi connectivity index (χ4n) is 4.46. The Kier molecular flexibility index (Phi) is 4.62. The van der Waals surface area contributed by atoms with E-state index in [1.165, 1.54) is 18.2 Å². The predicted octanol–water partition coefficient (Wildman–Crippen LogP) is 3.98. The Morgan fingerprint density at radius 2 is 2.00 bits per heavy atom. The lowest BCUT2D eigenvalue weighted by molar-refractivity contribution is -0.131. The second-order valence-corrected chi connectivity index (χ2v) is 7.79. The summed E-state index contributed by atoms with van der Waals surface area (Å²) in [7, 11) is 0. The fourth-order valence-corrected chi connectivity index (χ4v) is 4.46. The highest BCUT2D eigenvalue weighted by atomic mass is 16.5. The van der Waals surface area contributed by atoms with Gasteiger partial charge in [-0.2, -0.15) is 0 Å². The van der Waals surface area contributed by atoms with E-state index in [-0.39, 0.29) is 11.7 Å². The molecule has 0 bridgehead atoms. The van der Waals surface area contributed by atoms with Crippen LogP contribution in [0.3, 0.4) is 0 Å². The number of carbonyl (C=O) groups is 1. The minimum atomic E-state index is -0.445. The zero-order valence-electron chi connectivity index (χ0n) is 16.8. The molecule has 2 aromatic carbocycles. The number of nitrogens with zero attached hydrogens (tertiary/aromatic N) is 2. The Morgan fingerprint density at radius 1 is 1.17 bits per heavy atom. The van der Waals surface area contributed by atoms with Crippen LogP contribution in [-0.4, -0.2) is 24.0 Å². The van der Waals surface area contributed by atoms with E-state index in [0.29, 0.717) is 11.3 Å². The molecule has 2 aliphatic heterocycles. The van der Waals surface area contributed by atoms with Crippen molar-refractivity contribution in [3.63, 3.8) is 0 Å². The summed E-state index contributed by atoms with van der Waals surface area (Å²) in [5, 5.41) is 0. The molecule has 2 aliphatic rings. The number of benzene rings is 2. The first-order valence-corrected chi connectivity index (χ1v) is 10.3. The Hall–Kier alpha value is -3.41. The average Bonchev–Trinajstić information content (AvgIpc) is 2.73. The average molecular weight is 402 g/mol. The van der Waals surface area contributed by atoms with Gasteiger partial charge in [0.05, 0.1) is 0 Å². The highest BCUT2D eigenvalue weighted by Crippen LogP contribution is 2.39. The number of ether oxygens (including phenoxy) is 1. The number of fused-ring (bicyclic) bond motifs is 2. The van der Waals surface area contributed by atoms with E-state index in [4.69, 9.17) is 9.15 Å². The van der Waals surface area contributed by atoms with Crippen LogP contribution in [0.4, 0.5) is 5.69 Å². The molecule has 152 valence electrons. The maximum absolute atomic E-state index is 12.6. The third-order valence-corrected chi connectivity index (χ3v) is 5.65. The number of hydrogen-bond acceptors (Lipinski definition) is 6. The number of carbonyl (C=O) groups excluding carboxylic acids is 1. The maximum atomic E-state index is 12.6. The van der Waals surface area contributed by atoms with Gasteiger partial charge in [-0.15, -0.1) is 0 Å². The number of hydrogen-bond donors (Lipinski definition) is 0. The Bertz CT molecular complexity index is 1240. The van der Waals surface area contributed by atoms with E-state index >= 15 is 0 Å². The molecule has 0 fully saturated rings.